The Morgan fingerprint density at radius 1 is 1.43 bits per heavy atom. The molecule has 0 aliphatic rings. The molecule has 0 saturated carbocycles. The molecule has 7 nitrogen and oxygen atoms in total. The Labute approximate surface area is 122 Å². The van der Waals surface area contributed by atoms with Crippen molar-refractivity contribution in [3.8, 4) is 5.75 Å². The summed E-state index contributed by atoms with van der Waals surface area (Å²) >= 11 is 0. The Balaban J connectivity index is 1.94. The number of nitrogens with two attached hydrogens (primary N) is 1. The SMILES string of the molecule is CC(C)(CN)NCC(O)COc1cccc2[nH]c(=O)[nH]c12. The first-order valence-electron chi connectivity index (χ1n) is 6.88. The van der Waals surface area contributed by atoms with Gasteiger partial charge < -0.3 is 30.9 Å². The zero-order valence-corrected chi connectivity index (χ0v) is 12.3. The maximum atomic E-state index is 11.3. The fourth-order valence-electron chi connectivity index (χ4n) is 1.86. The van der Waals surface area contributed by atoms with Crippen molar-refractivity contribution in [2.45, 2.75) is 25.5 Å². The highest BCUT2D eigenvalue weighted by atomic mass is 16.5. The first-order valence-corrected chi connectivity index (χ1v) is 6.88. The van der Waals surface area contributed by atoms with Crippen LogP contribution in [0.2, 0.25) is 0 Å². The lowest BCUT2D eigenvalue weighted by Crippen LogP contribution is -2.49. The van der Waals surface area contributed by atoms with Crippen LogP contribution in [0.1, 0.15) is 13.8 Å². The first-order chi connectivity index (χ1) is 9.91. The molecule has 0 bridgehead atoms. The molecule has 21 heavy (non-hydrogen) atoms. The third-order valence-corrected chi connectivity index (χ3v) is 3.27. The van der Waals surface area contributed by atoms with Gasteiger partial charge in [-0.25, -0.2) is 4.79 Å². The minimum atomic E-state index is -0.670. The van der Waals surface area contributed by atoms with Crippen molar-refractivity contribution in [1.29, 1.82) is 0 Å². The lowest BCUT2D eigenvalue weighted by Gasteiger charge is -2.26. The zero-order chi connectivity index (χ0) is 15.5. The van der Waals surface area contributed by atoms with E-state index in [0.29, 0.717) is 29.9 Å². The van der Waals surface area contributed by atoms with E-state index in [1.54, 1.807) is 18.2 Å². The normalized spacial score (nSPS) is 13.5. The Bertz CT molecular complexity index is 647. The second kappa shape index (κ2) is 6.30. The quantitative estimate of drug-likeness (QED) is 0.490. The van der Waals surface area contributed by atoms with Crippen LogP contribution in [0.3, 0.4) is 0 Å². The standard InChI is InChI=1S/C14H22N4O3/c1-14(2,8-15)16-6-9(19)7-21-11-5-3-4-10-12(11)18-13(20)17-10/h3-5,9,16,19H,6-8,15H2,1-2H3,(H2,17,18,20). The number of aromatic amines is 2. The topological polar surface area (TPSA) is 116 Å². The number of aliphatic hydroxyl groups is 1. The van der Waals surface area contributed by atoms with Crippen molar-refractivity contribution in [1.82, 2.24) is 15.3 Å². The number of hydrogen-bond acceptors (Lipinski definition) is 5. The summed E-state index contributed by atoms with van der Waals surface area (Å²) in [4.78, 5) is 16.6. The summed E-state index contributed by atoms with van der Waals surface area (Å²) in [7, 11) is 0. The molecule has 0 fully saturated rings. The van der Waals surface area contributed by atoms with E-state index in [-0.39, 0.29) is 17.8 Å². The predicted molar refractivity (Wildman–Crippen MR) is 81.6 cm³/mol. The maximum absolute atomic E-state index is 11.3. The summed E-state index contributed by atoms with van der Waals surface area (Å²) in [6.45, 7) is 4.91. The smallest absolute Gasteiger partial charge is 0.323 e. The highest BCUT2D eigenvalue weighted by molar-refractivity contribution is 5.80. The summed E-state index contributed by atoms with van der Waals surface area (Å²) in [6.07, 6.45) is -0.670. The van der Waals surface area contributed by atoms with Crippen molar-refractivity contribution < 1.29 is 9.84 Å². The van der Waals surface area contributed by atoms with Crippen LogP contribution in [0.5, 0.6) is 5.75 Å². The average molecular weight is 294 g/mol. The van der Waals surface area contributed by atoms with Gasteiger partial charge in [0.2, 0.25) is 0 Å². The Morgan fingerprint density at radius 2 is 2.19 bits per heavy atom. The largest absolute Gasteiger partial charge is 0.489 e. The van der Waals surface area contributed by atoms with E-state index < -0.39 is 6.10 Å². The van der Waals surface area contributed by atoms with Crippen LogP contribution in [0.15, 0.2) is 23.0 Å². The molecule has 0 amide bonds. The monoisotopic (exact) mass is 294 g/mol. The lowest BCUT2D eigenvalue weighted by atomic mass is 10.1. The van der Waals surface area contributed by atoms with Crippen LogP contribution in [0, 0.1) is 0 Å². The molecular weight excluding hydrogens is 272 g/mol. The number of aromatic nitrogens is 2. The number of H-pyrrole nitrogens is 2. The molecule has 2 rings (SSSR count). The van der Waals surface area contributed by atoms with Gasteiger partial charge >= 0.3 is 5.69 Å². The molecule has 0 aliphatic carbocycles. The van der Waals surface area contributed by atoms with Gasteiger partial charge in [0.1, 0.15) is 24.0 Å². The number of fused-ring (bicyclic) bond motifs is 1. The van der Waals surface area contributed by atoms with Crippen LogP contribution in [-0.2, 0) is 0 Å². The van der Waals surface area contributed by atoms with Crippen molar-refractivity contribution in [3.63, 3.8) is 0 Å². The van der Waals surface area contributed by atoms with Crippen molar-refractivity contribution in [2.75, 3.05) is 19.7 Å². The third kappa shape index (κ3) is 4.07. The third-order valence-electron chi connectivity index (χ3n) is 3.27. The van der Waals surface area contributed by atoms with Crippen LogP contribution < -0.4 is 21.5 Å². The fraction of sp³-hybridized carbons (Fsp3) is 0.500. The summed E-state index contributed by atoms with van der Waals surface area (Å²) < 4.78 is 5.58. The molecule has 1 atom stereocenters. The highest BCUT2D eigenvalue weighted by Gasteiger charge is 2.16. The Hall–Kier alpha value is -1.83. The van der Waals surface area contributed by atoms with E-state index in [1.807, 2.05) is 13.8 Å². The lowest BCUT2D eigenvalue weighted by molar-refractivity contribution is 0.100. The van der Waals surface area contributed by atoms with E-state index in [0.717, 1.165) is 0 Å². The molecule has 0 saturated heterocycles. The van der Waals surface area contributed by atoms with Gasteiger partial charge in [-0.1, -0.05) is 6.07 Å². The summed E-state index contributed by atoms with van der Waals surface area (Å²) in [5.41, 5.74) is 6.37. The van der Waals surface area contributed by atoms with Gasteiger partial charge in [0.15, 0.2) is 0 Å². The molecular formula is C14H22N4O3. The number of hydrogen-bond donors (Lipinski definition) is 5. The minimum Gasteiger partial charge on any atom is -0.489 e. The Kier molecular flexibility index (Phi) is 4.66. The molecule has 1 aromatic heterocycles. The number of nitrogens with one attached hydrogen (secondary N) is 3. The molecule has 0 spiro atoms. The van der Waals surface area contributed by atoms with Crippen molar-refractivity contribution in [2.24, 2.45) is 5.73 Å². The molecule has 0 aliphatic heterocycles. The van der Waals surface area contributed by atoms with E-state index in [1.165, 1.54) is 0 Å². The molecule has 116 valence electrons. The minimum absolute atomic E-state index is 0.125. The maximum Gasteiger partial charge on any atom is 0.323 e. The summed E-state index contributed by atoms with van der Waals surface area (Å²) in [6, 6.07) is 5.31. The number of benzene rings is 1. The number of aliphatic hydroxyl groups excluding tert-OH is 1. The summed E-state index contributed by atoms with van der Waals surface area (Å²) in [5, 5.41) is 13.1. The molecule has 1 unspecified atom stereocenters. The average Bonchev–Trinajstić information content (AvgIpc) is 2.83. The number of rotatable bonds is 7. The molecule has 7 heteroatoms. The van der Waals surface area contributed by atoms with E-state index in [9.17, 15) is 9.90 Å². The number of ether oxygens (including phenoxy) is 1. The van der Waals surface area contributed by atoms with Crippen molar-refractivity contribution in [3.05, 3.63) is 28.7 Å². The number of para-hydroxylation sites is 1. The predicted octanol–water partition coefficient (Wildman–Crippen LogP) is -0.0772. The molecule has 6 N–H and O–H groups in total. The van der Waals surface area contributed by atoms with Gasteiger partial charge in [-0.3, -0.25) is 0 Å². The molecule has 0 radical (unpaired) electrons. The van der Waals surface area contributed by atoms with Gasteiger partial charge in [0.05, 0.1) is 5.52 Å². The van der Waals surface area contributed by atoms with Crippen LogP contribution in [0.25, 0.3) is 11.0 Å². The number of β-amino-alcohol motifs (C(OH)–C–C–N with tert-alkyl or cyclic N) is 1. The second-order valence-corrected chi connectivity index (χ2v) is 5.69. The zero-order valence-electron chi connectivity index (χ0n) is 12.3. The molecule has 1 heterocycles. The second-order valence-electron chi connectivity index (χ2n) is 5.69. The summed E-state index contributed by atoms with van der Waals surface area (Å²) in [5.74, 6) is 0.531. The van der Waals surface area contributed by atoms with Gasteiger partial charge in [0, 0.05) is 18.6 Å². The Morgan fingerprint density at radius 3 is 2.90 bits per heavy atom. The van der Waals surface area contributed by atoms with Crippen molar-refractivity contribution >= 4 is 11.0 Å². The number of imidazole rings is 1. The highest BCUT2D eigenvalue weighted by Crippen LogP contribution is 2.20. The van der Waals surface area contributed by atoms with Crippen LogP contribution >= 0.6 is 0 Å². The fourth-order valence-corrected chi connectivity index (χ4v) is 1.86. The van der Waals surface area contributed by atoms with Crippen LogP contribution in [-0.4, -0.2) is 46.4 Å². The molecule has 1 aromatic carbocycles. The van der Waals surface area contributed by atoms with Gasteiger partial charge in [-0.2, -0.15) is 0 Å². The van der Waals surface area contributed by atoms with E-state index in [2.05, 4.69) is 15.3 Å². The molecule has 2 aromatic rings. The van der Waals surface area contributed by atoms with Gasteiger partial charge in [-0.15, -0.1) is 0 Å². The van der Waals surface area contributed by atoms with Gasteiger partial charge in [-0.05, 0) is 26.0 Å². The van der Waals surface area contributed by atoms with E-state index >= 15 is 0 Å². The first kappa shape index (κ1) is 15.6. The van der Waals surface area contributed by atoms with E-state index in [4.69, 9.17) is 10.5 Å². The van der Waals surface area contributed by atoms with Gasteiger partial charge in [0.25, 0.3) is 0 Å². The van der Waals surface area contributed by atoms with Crippen LogP contribution in [0.4, 0.5) is 0 Å².